The average molecular weight is 471 g/mol. The van der Waals surface area contributed by atoms with Crippen molar-refractivity contribution in [2.75, 3.05) is 17.7 Å². The Morgan fingerprint density at radius 3 is 2.34 bits per heavy atom. The van der Waals surface area contributed by atoms with Crippen molar-refractivity contribution in [3.63, 3.8) is 0 Å². The molecule has 2 aromatic carbocycles. The highest BCUT2D eigenvalue weighted by Gasteiger charge is 2.78. The van der Waals surface area contributed by atoms with Gasteiger partial charge in [-0.1, -0.05) is 23.2 Å². The van der Waals surface area contributed by atoms with Gasteiger partial charge in [0, 0.05) is 11.3 Å². The van der Waals surface area contributed by atoms with Crippen molar-refractivity contribution in [1.82, 2.24) is 0 Å². The summed E-state index contributed by atoms with van der Waals surface area (Å²) >= 11 is 12.0. The molecule has 7 heteroatoms. The van der Waals surface area contributed by atoms with E-state index in [1.165, 1.54) is 12.8 Å². The van der Waals surface area contributed by atoms with Crippen molar-refractivity contribution in [2.24, 2.45) is 28.6 Å². The first kappa shape index (κ1) is 20.4. The first-order valence-electron chi connectivity index (χ1n) is 11.1. The Morgan fingerprint density at radius 1 is 0.969 bits per heavy atom. The summed E-state index contributed by atoms with van der Waals surface area (Å²) in [5.74, 6) is 2.64. The zero-order valence-electron chi connectivity index (χ0n) is 17.7. The van der Waals surface area contributed by atoms with Gasteiger partial charge in [0.05, 0.1) is 28.3 Å². The van der Waals surface area contributed by atoms with E-state index < -0.39 is 0 Å². The Bertz CT molecular complexity index is 1150. The first-order valence-corrected chi connectivity index (χ1v) is 11.9. The number of nitrogens with one attached hydrogen (secondary N) is 2. The van der Waals surface area contributed by atoms with Crippen molar-refractivity contribution >= 4 is 46.4 Å². The van der Waals surface area contributed by atoms with Crippen molar-refractivity contribution in [2.45, 2.75) is 32.1 Å². The van der Waals surface area contributed by atoms with Crippen LogP contribution >= 0.6 is 23.2 Å². The number of hydrogen-bond acceptors (Lipinski definition) is 3. The predicted octanol–water partition coefficient (Wildman–Crippen LogP) is 6.02. The molecule has 0 aliphatic heterocycles. The molecule has 2 N–H and O–H groups in total. The number of carbonyl (C=O) groups excluding carboxylic acids is 2. The zero-order valence-corrected chi connectivity index (χ0v) is 19.2. The lowest BCUT2D eigenvalue weighted by molar-refractivity contribution is -0.177. The van der Waals surface area contributed by atoms with Gasteiger partial charge in [0.1, 0.15) is 5.75 Å². The van der Waals surface area contributed by atoms with Crippen LogP contribution in [-0.4, -0.2) is 18.9 Å². The minimum Gasteiger partial charge on any atom is -0.495 e. The van der Waals surface area contributed by atoms with Crippen LogP contribution in [0.5, 0.6) is 5.75 Å². The van der Waals surface area contributed by atoms with E-state index in [2.05, 4.69) is 10.6 Å². The third kappa shape index (κ3) is 2.70. The van der Waals surface area contributed by atoms with E-state index in [-0.39, 0.29) is 17.2 Å². The lowest BCUT2D eigenvalue weighted by atomic mass is 9.38. The maximum atomic E-state index is 13.5. The maximum absolute atomic E-state index is 13.5. The van der Waals surface area contributed by atoms with E-state index in [1.807, 2.05) is 0 Å². The van der Waals surface area contributed by atoms with Crippen molar-refractivity contribution in [3.8, 4) is 5.75 Å². The molecule has 2 unspecified atom stereocenters. The summed E-state index contributed by atoms with van der Waals surface area (Å²) in [7, 11) is 1.56. The molecular weight excluding hydrogens is 447 g/mol. The highest BCUT2D eigenvalue weighted by atomic mass is 35.5. The molecule has 2 atom stereocenters. The summed E-state index contributed by atoms with van der Waals surface area (Å²) in [5, 5.41) is 6.73. The predicted molar refractivity (Wildman–Crippen MR) is 124 cm³/mol. The quantitative estimate of drug-likeness (QED) is 0.561. The SMILES string of the molecule is COc1ccc(C(=O)Nc2ccc(Cl)c(Cl)c2)cc1NC(=O)C12CC3CC4CC(C1)C43C2. The van der Waals surface area contributed by atoms with Gasteiger partial charge in [0.15, 0.2) is 0 Å². The average Bonchev–Trinajstić information content (AvgIpc) is 3.25. The van der Waals surface area contributed by atoms with Gasteiger partial charge in [0.25, 0.3) is 5.91 Å². The molecule has 166 valence electrons. The van der Waals surface area contributed by atoms with Crippen LogP contribution < -0.4 is 15.4 Å². The second-order valence-corrected chi connectivity index (χ2v) is 10.8. The fourth-order valence-electron chi connectivity index (χ4n) is 7.32. The number of hydrogen-bond donors (Lipinski definition) is 2. The summed E-state index contributed by atoms with van der Waals surface area (Å²) in [6.07, 6.45) is 5.65. The van der Waals surface area contributed by atoms with E-state index in [0.29, 0.717) is 38.1 Å². The largest absolute Gasteiger partial charge is 0.495 e. The lowest BCUT2D eigenvalue weighted by Gasteiger charge is -2.66. The van der Waals surface area contributed by atoms with Crippen LogP contribution in [0, 0.1) is 28.6 Å². The van der Waals surface area contributed by atoms with Gasteiger partial charge in [0.2, 0.25) is 5.91 Å². The Morgan fingerprint density at radius 2 is 1.72 bits per heavy atom. The van der Waals surface area contributed by atoms with E-state index in [4.69, 9.17) is 27.9 Å². The molecule has 0 aromatic heterocycles. The third-order valence-electron chi connectivity index (χ3n) is 8.71. The number of halogens is 2. The van der Waals surface area contributed by atoms with Crippen LogP contribution in [0.4, 0.5) is 11.4 Å². The van der Waals surface area contributed by atoms with Gasteiger partial charge >= 0.3 is 0 Å². The minimum atomic E-state index is -0.306. The molecule has 2 bridgehead atoms. The van der Waals surface area contributed by atoms with Crippen molar-refractivity contribution in [1.29, 1.82) is 0 Å². The lowest BCUT2D eigenvalue weighted by Crippen LogP contribution is -2.59. The molecular formula is C25H24Cl2N2O3. The summed E-state index contributed by atoms with van der Waals surface area (Å²) in [4.78, 5) is 26.3. The molecule has 0 heterocycles. The maximum Gasteiger partial charge on any atom is 0.255 e. The van der Waals surface area contributed by atoms with Crippen LogP contribution in [0.3, 0.4) is 0 Å². The summed E-state index contributed by atoms with van der Waals surface area (Å²) in [6.45, 7) is 0. The Hall–Kier alpha value is -2.24. The van der Waals surface area contributed by atoms with E-state index in [1.54, 1.807) is 43.5 Å². The minimum absolute atomic E-state index is 0.0785. The van der Waals surface area contributed by atoms with Crippen LogP contribution in [0.15, 0.2) is 36.4 Å². The fourth-order valence-corrected chi connectivity index (χ4v) is 7.62. The molecule has 4 saturated carbocycles. The van der Waals surface area contributed by atoms with E-state index in [0.717, 1.165) is 37.0 Å². The number of ether oxygens (including phenoxy) is 1. The van der Waals surface area contributed by atoms with Crippen LogP contribution in [0.1, 0.15) is 42.5 Å². The second kappa shape index (κ2) is 6.88. The standard InChI is InChI=1S/C25H24Cl2N2O3/c1-32-21-5-2-13(22(30)28-17-3-4-18(26)19(27)9-17)6-20(21)29-23(31)24-10-15-7-14-8-16(11-24)25(14,15)12-24/h2-6,9,14-16H,7-8,10-12H2,1H3,(H,28,30)(H,29,31). The van der Waals surface area contributed by atoms with Crippen molar-refractivity contribution < 1.29 is 14.3 Å². The number of rotatable bonds is 5. The number of carbonyl (C=O) groups is 2. The highest BCUT2D eigenvalue weighted by Crippen LogP contribution is 2.84. The molecule has 2 amide bonds. The zero-order chi connectivity index (χ0) is 22.3. The normalized spacial score (nSPS) is 33.0. The number of methoxy groups -OCH3 is 1. The topological polar surface area (TPSA) is 67.4 Å². The van der Waals surface area contributed by atoms with Gasteiger partial charge in [-0.05, 0) is 91.7 Å². The van der Waals surface area contributed by atoms with Crippen LogP contribution in [0.2, 0.25) is 10.0 Å². The molecule has 2 aromatic rings. The number of fused-ring (bicyclic) bond motifs is 1. The first-order chi connectivity index (χ1) is 15.3. The summed E-state index contributed by atoms with van der Waals surface area (Å²) < 4.78 is 5.47. The summed E-state index contributed by atoms with van der Waals surface area (Å²) in [6, 6.07) is 9.98. The summed E-state index contributed by atoms with van der Waals surface area (Å²) in [5.41, 5.74) is 1.70. The Labute approximate surface area is 196 Å². The fraction of sp³-hybridized carbons (Fsp3) is 0.440. The Balaban J connectivity index is 1.22. The number of anilines is 2. The van der Waals surface area contributed by atoms with Crippen LogP contribution in [-0.2, 0) is 4.79 Å². The van der Waals surface area contributed by atoms with Gasteiger partial charge in [-0.3, -0.25) is 9.59 Å². The molecule has 4 aliphatic rings. The van der Waals surface area contributed by atoms with Crippen LogP contribution in [0.25, 0.3) is 0 Å². The highest BCUT2D eigenvalue weighted by molar-refractivity contribution is 6.42. The molecule has 1 spiro atoms. The molecule has 0 radical (unpaired) electrons. The molecule has 6 rings (SSSR count). The smallest absolute Gasteiger partial charge is 0.255 e. The number of benzene rings is 2. The van der Waals surface area contributed by atoms with Gasteiger partial charge in [-0.15, -0.1) is 0 Å². The van der Waals surface area contributed by atoms with E-state index >= 15 is 0 Å². The molecule has 4 aliphatic carbocycles. The molecule has 32 heavy (non-hydrogen) atoms. The van der Waals surface area contributed by atoms with E-state index in [9.17, 15) is 9.59 Å². The molecule has 4 fully saturated rings. The van der Waals surface area contributed by atoms with Crippen molar-refractivity contribution in [3.05, 3.63) is 52.0 Å². The van der Waals surface area contributed by atoms with Gasteiger partial charge in [-0.25, -0.2) is 0 Å². The third-order valence-corrected chi connectivity index (χ3v) is 9.45. The Kier molecular flexibility index (Phi) is 4.38. The van der Waals surface area contributed by atoms with Gasteiger partial charge in [-0.2, -0.15) is 0 Å². The molecule has 5 nitrogen and oxygen atoms in total. The monoisotopic (exact) mass is 470 g/mol. The molecule has 0 saturated heterocycles. The van der Waals surface area contributed by atoms with Gasteiger partial charge < -0.3 is 15.4 Å². The second-order valence-electron chi connectivity index (χ2n) is 9.99. The number of amides is 2.